The summed E-state index contributed by atoms with van der Waals surface area (Å²) in [5.41, 5.74) is 6.71. The molecule has 6 aromatic rings. The number of oxime groups is 1. The van der Waals surface area contributed by atoms with Crippen molar-refractivity contribution in [1.29, 1.82) is 0 Å². The van der Waals surface area contributed by atoms with Crippen molar-refractivity contribution in [2.45, 2.75) is 31.6 Å². The second-order valence-electron chi connectivity index (χ2n) is 16.2. The first-order chi connectivity index (χ1) is 35.5. The Morgan fingerprint density at radius 1 is 0.649 bits per heavy atom. The van der Waals surface area contributed by atoms with Crippen molar-refractivity contribution in [3.05, 3.63) is 184 Å². The third-order valence-electron chi connectivity index (χ3n) is 11.2. The average molecular weight is 1030 g/mol. The van der Waals surface area contributed by atoms with E-state index in [4.69, 9.17) is 27.1 Å². The number of carboxylic acids is 1. The molecule has 2 saturated heterocycles. The Labute approximate surface area is 419 Å². The number of aliphatic carboxylic acids is 1. The second kappa shape index (κ2) is 27.5. The van der Waals surface area contributed by atoms with Crippen LogP contribution in [0.1, 0.15) is 63.8 Å². The number of carboxylic acid groups (broad SMARTS) is 1. The molecular formula is C51H47F6N9O8. The van der Waals surface area contributed by atoms with Crippen LogP contribution in [0, 0.1) is 47.4 Å². The summed E-state index contributed by atoms with van der Waals surface area (Å²) in [5.74, 6) is -7.59. The van der Waals surface area contributed by atoms with E-state index in [0.717, 1.165) is 36.4 Å². The van der Waals surface area contributed by atoms with Crippen molar-refractivity contribution in [3.8, 4) is 11.4 Å². The third-order valence-corrected chi connectivity index (χ3v) is 11.2. The second-order valence-corrected chi connectivity index (χ2v) is 16.2. The molecule has 1 aromatic heterocycles. The first-order valence-electron chi connectivity index (χ1n) is 22.5. The van der Waals surface area contributed by atoms with Crippen LogP contribution in [0.3, 0.4) is 0 Å². The number of amidine groups is 1. The van der Waals surface area contributed by atoms with Gasteiger partial charge in [-0.15, -0.1) is 0 Å². The quantitative estimate of drug-likeness (QED) is 0.0225. The monoisotopic (exact) mass is 1030 g/mol. The van der Waals surface area contributed by atoms with Gasteiger partial charge in [-0.2, -0.15) is 4.98 Å². The third kappa shape index (κ3) is 16.5. The van der Waals surface area contributed by atoms with E-state index < -0.39 is 40.9 Å². The largest absolute Gasteiger partial charge is 0.481 e. The van der Waals surface area contributed by atoms with Gasteiger partial charge in [0.15, 0.2) is 40.6 Å². The van der Waals surface area contributed by atoms with Gasteiger partial charge < -0.3 is 41.0 Å². The van der Waals surface area contributed by atoms with E-state index >= 15 is 0 Å². The number of hydrogen-bond donors (Lipinski definition) is 5. The van der Waals surface area contributed by atoms with Crippen LogP contribution < -0.4 is 16.4 Å². The summed E-state index contributed by atoms with van der Waals surface area (Å²) in [7, 11) is 0. The minimum Gasteiger partial charge on any atom is -0.481 e. The molecule has 3 heterocycles. The minimum atomic E-state index is -1.03. The van der Waals surface area contributed by atoms with Gasteiger partial charge in [-0.25, -0.2) is 31.2 Å². The van der Waals surface area contributed by atoms with Crippen LogP contribution in [-0.4, -0.2) is 105 Å². The van der Waals surface area contributed by atoms with Crippen molar-refractivity contribution in [3.63, 3.8) is 0 Å². The normalized spacial score (nSPS) is 13.6. The van der Waals surface area contributed by atoms with Crippen LogP contribution in [0.15, 0.2) is 125 Å². The summed E-state index contributed by atoms with van der Waals surface area (Å²) < 4.78 is 81.1. The smallest absolute Gasteiger partial charge is 0.306 e. The molecule has 74 heavy (non-hydrogen) atoms. The molecule has 8 rings (SSSR count). The topological polar surface area (TPSA) is 238 Å². The van der Waals surface area contributed by atoms with Crippen LogP contribution in [0.5, 0.6) is 0 Å². The maximum Gasteiger partial charge on any atom is 0.306 e. The van der Waals surface area contributed by atoms with E-state index in [0.29, 0.717) is 74.4 Å². The Hall–Kier alpha value is -9.07. The number of nitrogens with one attached hydrogen (secondary N) is 2. The molecular weight excluding hydrogens is 981 g/mol. The summed E-state index contributed by atoms with van der Waals surface area (Å²) in [4.78, 5) is 69.6. The van der Waals surface area contributed by atoms with Gasteiger partial charge in [-0.1, -0.05) is 52.8 Å². The van der Waals surface area contributed by atoms with E-state index in [9.17, 15) is 50.3 Å². The van der Waals surface area contributed by atoms with Crippen molar-refractivity contribution < 1.29 is 65.2 Å². The molecule has 386 valence electrons. The summed E-state index contributed by atoms with van der Waals surface area (Å²) in [6.45, 7) is 8.15. The van der Waals surface area contributed by atoms with E-state index in [1.165, 1.54) is 18.2 Å². The number of halogens is 6. The van der Waals surface area contributed by atoms with Gasteiger partial charge in [-0.3, -0.25) is 24.0 Å². The van der Waals surface area contributed by atoms with Crippen LogP contribution >= 0.6 is 0 Å². The SMILES string of the molecule is NC(=NO)c1ccc(F)c(F)c1.O=C(NCC(=O)N1CCC(C(=O)O)CC1)c1ccccc1.O=C(NCC(=O)N1CCC(c2nc(-c3ccc(F)c(F)c3)no2)CC1)c1ccccc1.[C-]#[N+]c1ccc(F)c(F)c1. The van der Waals surface area contributed by atoms with Crippen LogP contribution in [0.2, 0.25) is 0 Å². The number of piperidine rings is 2. The van der Waals surface area contributed by atoms with E-state index in [2.05, 4.69) is 30.8 Å². The molecule has 0 aliphatic carbocycles. The summed E-state index contributed by atoms with van der Waals surface area (Å²) >= 11 is 0. The number of rotatable bonds is 10. The molecule has 2 aliphatic rings. The lowest BCUT2D eigenvalue weighted by atomic mass is 9.96. The van der Waals surface area contributed by atoms with Crippen LogP contribution in [0.25, 0.3) is 16.2 Å². The Morgan fingerprint density at radius 3 is 1.58 bits per heavy atom. The number of amides is 4. The molecule has 0 spiro atoms. The van der Waals surface area contributed by atoms with E-state index in [-0.39, 0.29) is 71.5 Å². The summed E-state index contributed by atoms with van der Waals surface area (Å²) in [5, 5.41) is 28.8. The Kier molecular flexibility index (Phi) is 20.8. The van der Waals surface area contributed by atoms with Gasteiger partial charge in [0.1, 0.15) is 5.82 Å². The van der Waals surface area contributed by atoms with Gasteiger partial charge in [0, 0.05) is 54.4 Å². The fourth-order valence-corrected chi connectivity index (χ4v) is 7.09. The predicted molar refractivity (Wildman–Crippen MR) is 254 cm³/mol. The number of hydrogen-bond acceptors (Lipinski definition) is 10. The average Bonchev–Trinajstić information content (AvgIpc) is 3.93. The molecule has 4 amide bonds. The van der Waals surface area contributed by atoms with Crippen molar-refractivity contribution in [1.82, 2.24) is 30.6 Å². The standard InChI is InChI=1S/C22H20F2N4O3.C15H18N2O4.C7H6F2N2O.C7H3F2N/c23-17-7-6-16(12-18(17)24)20-26-22(31-27-20)15-8-10-28(11-9-15)19(29)13-25-21(30)14-4-2-1-3-5-14;18-13(17-8-6-12(7-9-17)15(20)21)10-16-14(19)11-4-2-1-3-5-11;8-5-2-1-4(3-6(5)9)7(10)11-12;1-10-5-2-3-6(8)7(9)4-5/h1-7,12,15H,8-11,13H2,(H,25,30);1-5,12H,6-10H2,(H,16,19)(H,20,21);1-3,12H,(H2,10,11);2-4H. The fourth-order valence-electron chi connectivity index (χ4n) is 7.09. The minimum absolute atomic E-state index is 0.0329. The maximum atomic E-state index is 13.4. The van der Waals surface area contributed by atoms with Crippen molar-refractivity contribution in [2.75, 3.05) is 39.3 Å². The molecule has 2 fully saturated rings. The van der Waals surface area contributed by atoms with Gasteiger partial charge in [0.2, 0.25) is 23.5 Å². The number of carbonyl (C=O) groups excluding carboxylic acids is 4. The predicted octanol–water partition coefficient (Wildman–Crippen LogP) is 7.47. The highest BCUT2D eigenvalue weighted by Crippen LogP contribution is 2.29. The number of likely N-dealkylation sites (tertiary alicyclic amines) is 2. The Balaban J connectivity index is 0.000000202. The molecule has 17 nitrogen and oxygen atoms in total. The lowest BCUT2D eigenvalue weighted by Gasteiger charge is -2.30. The van der Waals surface area contributed by atoms with Gasteiger partial charge in [0.25, 0.3) is 11.8 Å². The highest BCUT2D eigenvalue weighted by Gasteiger charge is 2.29. The first-order valence-corrected chi connectivity index (χ1v) is 22.5. The number of benzene rings is 5. The first kappa shape index (κ1) is 55.9. The summed E-state index contributed by atoms with van der Waals surface area (Å²) in [6.07, 6.45) is 2.18. The molecule has 2 aliphatic heterocycles. The number of nitrogens with two attached hydrogens (primary N) is 1. The van der Waals surface area contributed by atoms with Gasteiger partial charge in [0.05, 0.1) is 25.6 Å². The zero-order valence-corrected chi connectivity index (χ0v) is 39.1. The highest BCUT2D eigenvalue weighted by atomic mass is 19.2. The molecule has 0 atom stereocenters. The van der Waals surface area contributed by atoms with Crippen LogP contribution in [-0.2, 0) is 14.4 Å². The molecule has 0 radical (unpaired) electrons. The molecule has 0 saturated carbocycles. The maximum absolute atomic E-state index is 13.4. The van der Waals surface area contributed by atoms with Gasteiger partial charge >= 0.3 is 5.97 Å². The summed E-state index contributed by atoms with van der Waals surface area (Å²) in [6, 6.07) is 26.8. The van der Waals surface area contributed by atoms with Crippen molar-refractivity contribution >= 4 is 41.1 Å². The molecule has 6 N–H and O–H groups in total. The number of nitrogens with zero attached hydrogens (tertiary/aromatic N) is 6. The zero-order valence-electron chi connectivity index (χ0n) is 39.1. The fraction of sp³-hybridized carbons (Fsp3) is 0.235. The lowest BCUT2D eigenvalue weighted by molar-refractivity contribution is -0.145. The highest BCUT2D eigenvalue weighted by molar-refractivity contribution is 5.97. The zero-order chi connectivity index (χ0) is 53.7. The molecule has 0 unspecified atom stereocenters. The Bertz CT molecular complexity index is 2960. The number of aromatic nitrogens is 2. The van der Waals surface area contributed by atoms with E-state index in [1.54, 1.807) is 58.3 Å². The lowest BCUT2D eigenvalue weighted by Crippen LogP contribution is -2.45. The van der Waals surface area contributed by atoms with Crippen LogP contribution in [0.4, 0.5) is 32.0 Å². The Morgan fingerprint density at radius 2 is 1.12 bits per heavy atom. The van der Waals surface area contributed by atoms with E-state index in [1.807, 2.05) is 12.1 Å². The molecule has 0 bridgehead atoms. The number of carbonyl (C=O) groups is 5. The molecule has 5 aromatic carbocycles. The molecule has 23 heteroatoms. The van der Waals surface area contributed by atoms with Gasteiger partial charge in [-0.05, 0) is 98.5 Å². The van der Waals surface area contributed by atoms with Crippen molar-refractivity contribution in [2.24, 2.45) is 16.8 Å².